The first-order valence-electron chi connectivity index (χ1n) is 7.15. The quantitative estimate of drug-likeness (QED) is 0.778. The Morgan fingerprint density at radius 1 is 0.905 bits per heavy atom. The molecule has 1 aliphatic rings. The summed E-state index contributed by atoms with van der Waals surface area (Å²) in [4.78, 5) is 4.66. The van der Waals surface area contributed by atoms with Crippen LogP contribution in [0.4, 0.5) is 0 Å². The van der Waals surface area contributed by atoms with Crippen molar-refractivity contribution in [1.82, 2.24) is 15.2 Å². The molecule has 1 aliphatic carbocycles. The van der Waals surface area contributed by atoms with Crippen molar-refractivity contribution in [3.8, 4) is 11.4 Å². The molecule has 1 atom stereocenters. The fourth-order valence-corrected chi connectivity index (χ4v) is 2.73. The van der Waals surface area contributed by atoms with Gasteiger partial charge in [-0.15, -0.1) is 0 Å². The lowest BCUT2D eigenvalue weighted by Crippen LogP contribution is -2.28. The summed E-state index contributed by atoms with van der Waals surface area (Å²) < 4.78 is 0. The number of hydrogen-bond donors (Lipinski definition) is 1. The zero-order valence-corrected chi connectivity index (χ0v) is 11.5. The van der Waals surface area contributed by atoms with Crippen molar-refractivity contribution in [2.24, 2.45) is 0 Å². The summed E-state index contributed by atoms with van der Waals surface area (Å²) in [5, 5.41) is 10.0. The average Bonchev–Trinajstić information content (AvgIpc) is 3.05. The third-order valence-electron chi connectivity index (χ3n) is 3.85. The van der Waals surface area contributed by atoms with Crippen LogP contribution < -0.4 is 10.4 Å². The third-order valence-corrected chi connectivity index (χ3v) is 3.85. The van der Waals surface area contributed by atoms with Gasteiger partial charge in [0.25, 0.3) is 0 Å². The van der Waals surface area contributed by atoms with Crippen LogP contribution in [0.3, 0.4) is 0 Å². The van der Waals surface area contributed by atoms with E-state index in [1.165, 1.54) is 10.4 Å². The van der Waals surface area contributed by atoms with Crippen molar-refractivity contribution in [2.45, 2.75) is 12.3 Å². The fourth-order valence-electron chi connectivity index (χ4n) is 2.73. The van der Waals surface area contributed by atoms with Gasteiger partial charge in [0.2, 0.25) is 0 Å². The maximum absolute atomic E-state index is 4.66. The van der Waals surface area contributed by atoms with Gasteiger partial charge < -0.3 is 0 Å². The highest BCUT2D eigenvalue weighted by Gasteiger charge is 2.15. The van der Waals surface area contributed by atoms with Crippen LogP contribution in [0.15, 0.2) is 54.6 Å². The molecule has 2 aromatic carbocycles. The number of rotatable bonds is 2. The second-order valence-corrected chi connectivity index (χ2v) is 5.25. The van der Waals surface area contributed by atoms with Crippen molar-refractivity contribution in [3.63, 3.8) is 0 Å². The minimum Gasteiger partial charge on any atom is -0.262 e. The number of nitrogens with zero attached hydrogens (tertiary/aromatic N) is 2. The molecule has 1 N–H and O–H groups in total. The van der Waals surface area contributed by atoms with Crippen LogP contribution in [0.25, 0.3) is 23.5 Å². The zero-order chi connectivity index (χ0) is 14.1. The van der Waals surface area contributed by atoms with Gasteiger partial charge >= 0.3 is 0 Å². The second-order valence-electron chi connectivity index (χ2n) is 5.25. The van der Waals surface area contributed by atoms with Crippen LogP contribution in [0, 0.1) is 0 Å². The van der Waals surface area contributed by atoms with E-state index in [-0.39, 0.29) is 5.92 Å². The van der Waals surface area contributed by atoms with Crippen molar-refractivity contribution in [2.75, 3.05) is 0 Å². The second kappa shape index (κ2) is 5.02. The molecule has 3 heteroatoms. The van der Waals surface area contributed by atoms with E-state index in [1.54, 1.807) is 0 Å². The molecule has 102 valence electrons. The Morgan fingerprint density at radius 3 is 2.52 bits per heavy atom. The molecule has 3 nitrogen and oxygen atoms in total. The highest BCUT2D eigenvalue weighted by molar-refractivity contribution is 5.55. The normalized spacial score (nSPS) is 16.7. The van der Waals surface area contributed by atoms with E-state index in [0.29, 0.717) is 0 Å². The largest absolute Gasteiger partial charge is 0.262 e. The zero-order valence-electron chi connectivity index (χ0n) is 11.5. The first kappa shape index (κ1) is 12.1. The highest BCUT2D eigenvalue weighted by Crippen LogP contribution is 2.22. The summed E-state index contributed by atoms with van der Waals surface area (Å²) in [6.45, 7) is 0. The van der Waals surface area contributed by atoms with Crippen molar-refractivity contribution in [3.05, 3.63) is 70.9 Å². The number of hydrogen-bond acceptors (Lipinski definition) is 2. The smallest absolute Gasteiger partial charge is 0.181 e. The molecular weight excluding hydrogens is 258 g/mol. The van der Waals surface area contributed by atoms with Gasteiger partial charge in [-0.05, 0) is 16.9 Å². The van der Waals surface area contributed by atoms with Crippen LogP contribution in [0.1, 0.15) is 18.2 Å². The molecule has 1 heterocycles. The number of aromatic amines is 1. The van der Waals surface area contributed by atoms with Crippen LogP contribution in [0.5, 0.6) is 0 Å². The standard InChI is InChI=1S/C18H15N3/c1-2-7-14(8-3-1)17-19-18(21-20-17)16-11-10-13-6-4-5-9-15(13)12-16/h1-10,12,16H,11H2,(H,19,20,21). The minimum atomic E-state index is 0.268. The SMILES string of the molecule is C1=c2ccccc2=CC(c2nc(-c3ccccc3)n[nH]2)C1. The number of H-pyrrole nitrogens is 1. The fraction of sp³-hybridized carbons (Fsp3) is 0.111. The maximum atomic E-state index is 4.66. The van der Waals surface area contributed by atoms with Gasteiger partial charge in [-0.3, -0.25) is 5.10 Å². The van der Waals surface area contributed by atoms with Crippen molar-refractivity contribution in [1.29, 1.82) is 0 Å². The Balaban J connectivity index is 1.70. The van der Waals surface area contributed by atoms with Crippen LogP contribution in [-0.2, 0) is 0 Å². The minimum absolute atomic E-state index is 0.268. The Bertz CT molecular complexity index is 878. The topological polar surface area (TPSA) is 41.6 Å². The summed E-state index contributed by atoms with van der Waals surface area (Å²) in [6.07, 6.45) is 5.50. The molecule has 3 aromatic rings. The van der Waals surface area contributed by atoms with Crippen LogP contribution in [0.2, 0.25) is 0 Å². The molecular formula is C18H15N3. The third kappa shape index (κ3) is 2.27. The molecule has 1 aromatic heterocycles. The highest BCUT2D eigenvalue weighted by atomic mass is 15.2. The Hall–Kier alpha value is -2.68. The van der Waals surface area contributed by atoms with E-state index < -0.39 is 0 Å². The molecule has 0 saturated heterocycles. The van der Waals surface area contributed by atoms with Gasteiger partial charge in [-0.1, -0.05) is 66.7 Å². The Morgan fingerprint density at radius 2 is 1.67 bits per heavy atom. The molecule has 1 unspecified atom stereocenters. The van der Waals surface area contributed by atoms with E-state index in [4.69, 9.17) is 0 Å². The molecule has 0 fully saturated rings. The van der Waals surface area contributed by atoms with E-state index in [9.17, 15) is 0 Å². The van der Waals surface area contributed by atoms with E-state index in [1.807, 2.05) is 30.3 Å². The van der Waals surface area contributed by atoms with Gasteiger partial charge in [0.05, 0.1) is 0 Å². The van der Waals surface area contributed by atoms with Crippen LogP contribution in [-0.4, -0.2) is 15.2 Å². The van der Waals surface area contributed by atoms with Crippen molar-refractivity contribution < 1.29 is 0 Å². The van der Waals surface area contributed by atoms with Gasteiger partial charge in [0, 0.05) is 11.5 Å². The van der Waals surface area contributed by atoms with Gasteiger partial charge in [0.15, 0.2) is 5.82 Å². The van der Waals surface area contributed by atoms with E-state index in [2.05, 4.69) is 51.6 Å². The molecule has 0 radical (unpaired) electrons. The first-order valence-corrected chi connectivity index (χ1v) is 7.15. The average molecular weight is 273 g/mol. The molecule has 0 saturated carbocycles. The number of nitrogens with one attached hydrogen (secondary N) is 1. The predicted molar refractivity (Wildman–Crippen MR) is 83.8 cm³/mol. The number of fused-ring (bicyclic) bond motifs is 1. The van der Waals surface area contributed by atoms with Crippen molar-refractivity contribution >= 4 is 12.2 Å². The number of aromatic nitrogens is 3. The van der Waals surface area contributed by atoms with E-state index >= 15 is 0 Å². The Kier molecular flexibility index (Phi) is 2.89. The molecule has 0 bridgehead atoms. The summed E-state index contributed by atoms with van der Waals surface area (Å²) in [7, 11) is 0. The molecule has 0 amide bonds. The van der Waals surface area contributed by atoms with Gasteiger partial charge in [0.1, 0.15) is 5.82 Å². The summed E-state index contributed by atoms with van der Waals surface area (Å²) in [5.74, 6) is 1.96. The summed E-state index contributed by atoms with van der Waals surface area (Å²) in [6, 6.07) is 18.5. The molecule has 21 heavy (non-hydrogen) atoms. The molecule has 4 rings (SSSR count). The predicted octanol–water partition coefficient (Wildman–Crippen LogP) is 2.22. The monoisotopic (exact) mass is 273 g/mol. The molecule has 0 spiro atoms. The van der Waals surface area contributed by atoms with E-state index in [0.717, 1.165) is 23.6 Å². The van der Waals surface area contributed by atoms with Gasteiger partial charge in [-0.25, -0.2) is 4.98 Å². The molecule has 0 aliphatic heterocycles. The first-order chi connectivity index (χ1) is 10.4. The maximum Gasteiger partial charge on any atom is 0.181 e. The summed E-state index contributed by atoms with van der Waals surface area (Å²) in [5.41, 5.74) is 1.04. The lowest BCUT2D eigenvalue weighted by molar-refractivity contribution is 0.827. The summed E-state index contributed by atoms with van der Waals surface area (Å²) >= 11 is 0. The van der Waals surface area contributed by atoms with Gasteiger partial charge in [-0.2, -0.15) is 5.10 Å². The Labute approximate surface area is 122 Å². The lowest BCUT2D eigenvalue weighted by Gasteiger charge is -2.10. The lowest BCUT2D eigenvalue weighted by atomic mass is 9.97. The number of benzene rings is 2. The van der Waals surface area contributed by atoms with Crippen LogP contribution >= 0.6 is 0 Å².